The Morgan fingerprint density at radius 2 is 2.22 bits per heavy atom. The van der Waals surface area contributed by atoms with Crippen molar-refractivity contribution in [2.45, 2.75) is 26.5 Å². The van der Waals surface area contributed by atoms with Crippen LogP contribution < -0.4 is 10.1 Å². The maximum absolute atomic E-state index is 5.62. The largest absolute Gasteiger partial charge is 0.484 e. The molecular formula is C13H17N3O2. The molecule has 0 bridgehead atoms. The molecule has 5 nitrogen and oxygen atoms in total. The van der Waals surface area contributed by atoms with Gasteiger partial charge in [-0.2, -0.15) is 0 Å². The number of nitrogens with one attached hydrogen (secondary N) is 1. The average molecular weight is 247 g/mol. The second-order valence-corrected chi connectivity index (χ2v) is 4.09. The fourth-order valence-electron chi connectivity index (χ4n) is 1.58. The van der Waals surface area contributed by atoms with E-state index in [0.29, 0.717) is 17.8 Å². The van der Waals surface area contributed by atoms with Gasteiger partial charge in [-0.3, -0.25) is 0 Å². The van der Waals surface area contributed by atoms with Gasteiger partial charge >= 0.3 is 0 Å². The molecule has 0 fully saturated rings. The Kier molecular flexibility index (Phi) is 3.94. The molecule has 18 heavy (non-hydrogen) atoms. The summed E-state index contributed by atoms with van der Waals surface area (Å²) in [6, 6.07) is 8.24. The van der Waals surface area contributed by atoms with Crippen LogP contribution in [0.25, 0.3) is 0 Å². The Balaban J connectivity index is 2.01. The molecule has 1 unspecified atom stereocenters. The van der Waals surface area contributed by atoms with E-state index in [0.717, 1.165) is 5.75 Å². The van der Waals surface area contributed by atoms with Gasteiger partial charge in [0.05, 0.1) is 0 Å². The van der Waals surface area contributed by atoms with Crippen LogP contribution in [-0.2, 0) is 6.61 Å². The van der Waals surface area contributed by atoms with E-state index < -0.39 is 0 Å². The van der Waals surface area contributed by atoms with Crippen LogP contribution in [0.1, 0.15) is 30.3 Å². The summed E-state index contributed by atoms with van der Waals surface area (Å²) in [6.07, 6.45) is 0. The Morgan fingerprint density at radius 3 is 2.89 bits per heavy atom. The molecule has 5 heteroatoms. The molecule has 0 amide bonds. The summed E-state index contributed by atoms with van der Waals surface area (Å²) >= 11 is 0. The summed E-state index contributed by atoms with van der Waals surface area (Å²) in [6.45, 7) is 4.14. The lowest BCUT2D eigenvalue weighted by molar-refractivity contribution is 0.260. The van der Waals surface area contributed by atoms with Crippen molar-refractivity contribution in [3.05, 3.63) is 41.6 Å². The third-order valence-electron chi connectivity index (χ3n) is 2.72. The highest BCUT2D eigenvalue weighted by molar-refractivity contribution is 5.30. The molecule has 0 aliphatic carbocycles. The second-order valence-electron chi connectivity index (χ2n) is 4.09. The number of aryl methyl sites for hydroxylation is 1. The fraction of sp³-hybridized carbons (Fsp3) is 0.385. The average Bonchev–Trinajstić information content (AvgIpc) is 2.81. The molecule has 0 saturated heterocycles. The normalized spacial score (nSPS) is 12.4. The predicted octanol–water partition coefficient (Wildman–Crippen LogP) is 2.24. The van der Waals surface area contributed by atoms with Gasteiger partial charge in [-0.1, -0.05) is 12.1 Å². The van der Waals surface area contributed by atoms with Crippen LogP contribution in [0.5, 0.6) is 5.75 Å². The van der Waals surface area contributed by atoms with E-state index in [1.165, 1.54) is 5.56 Å². The smallest absolute Gasteiger partial charge is 0.253 e. The van der Waals surface area contributed by atoms with Crippen molar-refractivity contribution >= 4 is 0 Å². The lowest BCUT2D eigenvalue weighted by atomic mass is 10.1. The number of aromatic nitrogens is 2. The lowest BCUT2D eigenvalue weighted by Crippen LogP contribution is -2.12. The zero-order valence-corrected chi connectivity index (χ0v) is 10.8. The number of hydrogen-bond acceptors (Lipinski definition) is 5. The number of benzene rings is 1. The van der Waals surface area contributed by atoms with Crippen molar-refractivity contribution in [3.8, 4) is 5.75 Å². The van der Waals surface area contributed by atoms with Crippen LogP contribution >= 0.6 is 0 Å². The van der Waals surface area contributed by atoms with E-state index in [-0.39, 0.29) is 6.61 Å². The fourth-order valence-corrected chi connectivity index (χ4v) is 1.58. The minimum atomic E-state index is 0.290. The standard InChI is InChI=1S/C13H17N3O2/c1-9(14-3)11-5-4-6-12(7-11)17-8-13-16-15-10(2)18-13/h4-7,9,14H,8H2,1-3H3. The van der Waals surface area contributed by atoms with Crippen molar-refractivity contribution in [2.75, 3.05) is 7.05 Å². The van der Waals surface area contributed by atoms with Crippen LogP contribution in [0, 0.1) is 6.92 Å². The van der Waals surface area contributed by atoms with Gasteiger partial charge in [0, 0.05) is 13.0 Å². The number of hydrogen-bond donors (Lipinski definition) is 1. The molecular weight excluding hydrogens is 230 g/mol. The van der Waals surface area contributed by atoms with Gasteiger partial charge in [-0.25, -0.2) is 0 Å². The third-order valence-corrected chi connectivity index (χ3v) is 2.72. The number of rotatable bonds is 5. The molecule has 0 aliphatic rings. The Morgan fingerprint density at radius 1 is 1.39 bits per heavy atom. The van der Waals surface area contributed by atoms with Crippen LogP contribution in [0.2, 0.25) is 0 Å². The van der Waals surface area contributed by atoms with Crippen LogP contribution in [-0.4, -0.2) is 17.2 Å². The molecule has 0 aliphatic heterocycles. The lowest BCUT2D eigenvalue weighted by Gasteiger charge is -2.12. The number of ether oxygens (including phenoxy) is 1. The van der Waals surface area contributed by atoms with Gasteiger partial charge in [-0.15, -0.1) is 10.2 Å². The summed E-state index contributed by atoms with van der Waals surface area (Å²) < 4.78 is 10.9. The molecule has 0 radical (unpaired) electrons. The van der Waals surface area contributed by atoms with E-state index in [2.05, 4.69) is 28.5 Å². The van der Waals surface area contributed by atoms with Crippen molar-refractivity contribution < 1.29 is 9.15 Å². The van der Waals surface area contributed by atoms with Gasteiger partial charge in [0.1, 0.15) is 5.75 Å². The molecule has 2 rings (SSSR count). The molecule has 0 saturated carbocycles. The molecule has 96 valence electrons. The van der Waals surface area contributed by atoms with Crippen LogP contribution in [0.4, 0.5) is 0 Å². The molecule has 2 aromatic rings. The minimum Gasteiger partial charge on any atom is -0.484 e. The maximum atomic E-state index is 5.62. The summed E-state index contributed by atoms with van der Waals surface area (Å²) in [4.78, 5) is 0. The van der Waals surface area contributed by atoms with Gasteiger partial charge in [-0.05, 0) is 31.7 Å². The van der Waals surface area contributed by atoms with Gasteiger partial charge in [0.15, 0.2) is 6.61 Å². The predicted molar refractivity (Wildman–Crippen MR) is 67.3 cm³/mol. The Bertz CT molecular complexity index is 510. The summed E-state index contributed by atoms with van der Waals surface area (Å²) in [5.74, 6) is 1.83. The van der Waals surface area contributed by atoms with Gasteiger partial charge < -0.3 is 14.5 Å². The highest BCUT2D eigenvalue weighted by Gasteiger charge is 2.06. The zero-order chi connectivity index (χ0) is 13.0. The monoisotopic (exact) mass is 247 g/mol. The minimum absolute atomic E-state index is 0.290. The first kappa shape index (κ1) is 12.6. The van der Waals surface area contributed by atoms with Crippen molar-refractivity contribution in [3.63, 3.8) is 0 Å². The third kappa shape index (κ3) is 3.07. The summed E-state index contributed by atoms with van der Waals surface area (Å²) in [7, 11) is 1.93. The van der Waals surface area contributed by atoms with Crippen LogP contribution in [0.3, 0.4) is 0 Å². The van der Waals surface area contributed by atoms with E-state index in [9.17, 15) is 0 Å². The topological polar surface area (TPSA) is 60.2 Å². The SMILES string of the molecule is CNC(C)c1cccc(OCc2nnc(C)o2)c1. The maximum Gasteiger partial charge on any atom is 0.253 e. The van der Waals surface area contributed by atoms with E-state index in [1.54, 1.807) is 6.92 Å². The van der Waals surface area contributed by atoms with E-state index in [4.69, 9.17) is 9.15 Å². The van der Waals surface area contributed by atoms with Gasteiger partial charge in [0.25, 0.3) is 5.89 Å². The quantitative estimate of drug-likeness (QED) is 0.878. The highest BCUT2D eigenvalue weighted by atomic mass is 16.5. The van der Waals surface area contributed by atoms with Gasteiger partial charge in [0.2, 0.25) is 5.89 Å². The summed E-state index contributed by atoms with van der Waals surface area (Å²) in [5, 5.41) is 10.8. The molecule has 0 spiro atoms. The zero-order valence-electron chi connectivity index (χ0n) is 10.8. The summed E-state index contributed by atoms with van der Waals surface area (Å²) in [5.41, 5.74) is 1.18. The van der Waals surface area contributed by atoms with Crippen molar-refractivity contribution in [2.24, 2.45) is 0 Å². The molecule has 1 aromatic heterocycles. The van der Waals surface area contributed by atoms with E-state index in [1.807, 2.05) is 25.2 Å². The highest BCUT2D eigenvalue weighted by Crippen LogP contribution is 2.19. The van der Waals surface area contributed by atoms with Crippen LogP contribution in [0.15, 0.2) is 28.7 Å². The first-order valence-corrected chi connectivity index (χ1v) is 5.88. The molecule has 1 heterocycles. The Labute approximate surface area is 106 Å². The molecule has 1 atom stereocenters. The second kappa shape index (κ2) is 5.64. The molecule has 1 N–H and O–H groups in total. The molecule has 1 aromatic carbocycles. The van der Waals surface area contributed by atoms with Crippen molar-refractivity contribution in [1.29, 1.82) is 0 Å². The van der Waals surface area contributed by atoms with E-state index >= 15 is 0 Å². The number of nitrogens with zero attached hydrogens (tertiary/aromatic N) is 2. The first-order valence-electron chi connectivity index (χ1n) is 5.88. The van der Waals surface area contributed by atoms with Crippen molar-refractivity contribution in [1.82, 2.24) is 15.5 Å². The first-order chi connectivity index (χ1) is 8.69. The Hall–Kier alpha value is -1.88.